The van der Waals surface area contributed by atoms with Gasteiger partial charge in [0.05, 0.1) is 19.9 Å². The Bertz CT molecular complexity index is 969. The molecule has 126 valence electrons. The number of phenolic OH excluding ortho intramolecular Hbond substituents is 1. The summed E-state index contributed by atoms with van der Waals surface area (Å²) in [6.07, 6.45) is 0. The van der Waals surface area contributed by atoms with Crippen molar-refractivity contribution < 1.29 is 28.9 Å². The van der Waals surface area contributed by atoms with Crippen LogP contribution in [0.2, 0.25) is 0 Å². The number of Topliss-reactive ketones (excluding diaryl/α,β-unsaturated/α-hetero) is 1. The van der Waals surface area contributed by atoms with Gasteiger partial charge in [-0.25, -0.2) is 4.79 Å². The van der Waals surface area contributed by atoms with Gasteiger partial charge in [0.2, 0.25) is 0 Å². The number of ketones is 1. The van der Waals surface area contributed by atoms with E-state index >= 15 is 0 Å². The average Bonchev–Trinajstić information content (AvgIpc) is 2.52. The molecule has 8 nitrogen and oxygen atoms in total. The molecule has 0 amide bonds. The van der Waals surface area contributed by atoms with Crippen molar-refractivity contribution in [2.45, 2.75) is 12.5 Å². The monoisotopic (exact) mass is 333 g/mol. The van der Waals surface area contributed by atoms with Gasteiger partial charge in [-0.05, 0) is 13.0 Å². The summed E-state index contributed by atoms with van der Waals surface area (Å²) in [6, 6.07) is 2.64. The summed E-state index contributed by atoms with van der Waals surface area (Å²) in [4.78, 5) is 24.7. The van der Waals surface area contributed by atoms with E-state index in [0.717, 1.165) is 0 Å². The lowest BCUT2D eigenvalue weighted by atomic mass is 9.82. The third-order valence-corrected chi connectivity index (χ3v) is 4.09. The zero-order valence-corrected chi connectivity index (χ0v) is 13.2. The van der Waals surface area contributed by atoms with Crippen LogP contribution in [0.1, 0.15) is 23.0 Å². The van der Waals surface area contributed by atoms with Gasteiger partial charge in [0.1, 0.15) is 22.5 Å². The van der Waals surface area contributed by atoms with Crippen LogP contribution in [0.3, 0.4) is 0 Å². The molecule has 8 heteroatoms. The summed E-state index contributed by atoms with van der Waals surface area (Å²) in [6.45, 7) is 1.34. The second-order valence-electron chi connectivity index (χ2n) is 5.51. The van der Waals surface area contributed by atoms with Crippen molar-refractivity contribution >= 4 is 16.6 Å². The van der Waals surface area contributed by atoms with Gasteiger partial charge in [-0.15, -0.1) is 0 Å². The van der Waals surface area contributed by atoms with E-state index in [1.807, 2.05) is 0 Å². The number of hydrogen-bond acceptors (Lipinski definition) is 8. The molecule has 0 bridgehead atoms. The third kappa shape index (κ3) is 1.89. The molecule has 2 aromatic rings. The number of allylic oxidation sites excluding steroid dienone is 1. The second-order valence-corrected chi connectivity index (χ2v) is 5.51. The van der Waals surface area contributed by atoms with E-state index in [2.05, 4.69) is 0 Å². The predicted molar refractivity (Wildman–Crippen MR) is 82.8 cm³/mol. The lowest BCUT2D eigenvalue weighted by molar-refractivity contribution is 0.0661. The van der Waals surface area contributed by atoms with Crippen LogP contribution in [0.4, 0.5) is 0 Å². The SMILES string of the molecule is COC1=C(N)C(C)(O)c2c(oc(=O)c3c(O)cc(OC)cc23)C1=O. The highest BCUT2D eigenvalue weighted by atomic mass is 16.5. The first-order valence-electron chi connectivity index (χ1n) is 6.93. The van der Waals surface area contributed by atoms with E-state index in [0.29, 0.717) is 0 Å². The number of fused-ring (bicyclic) bond motifs is 3. The van der Waals surface area contributed by atoms with Crippen LogP contribution in [0.5, 0.6) is 11.5 Å². The number of aliphatic hydroxyl groups is 1. The van der Waals surface area contributed by atoms with Crippen LogP contribution in [0, 0.1) is 0 Å². The Morgan fingerprint density at radius 1 is 1.21 bits per heavy atom. The molecule has 24 heavy (non-hydrogen) atoms. The molecule has 0 fully saturated rings. The standard InChI is InChI=1S/C16H15NO7/c1-16(21)10-7-4-6(22-2)5-8(18)9(7)15(20)24-12(10)11(19)13(23-3)14(16)17/h4-5,18,21H,17H2,1-3H3. The van der Waals surface area contributed by atoms with Crippen molar-refractivity contribution in [1.82, 2.24) is 0 Å². The smallest absolute Gasteiger partial charge is 0.348 e. The molecule has 1 heterocycles. The first kappa shape index (κ1) is 15.9. The Kier molecular flexibility index (Phi) is 3.31. The average molecular weight is 333 g/mol. The summed E-state index contributed by atoms with van der Waals surface area (Å²) in [5.74, 6) is -1.63. The van der Waals surface area contributed by atoms with Crippen molar-refractivity contribution in [3.63, 3.8) is 0 Å². The van der Waals surface area contributed by atoms with Crippen molar-refractivity contribution in [3.8, 4) is 11.5 Å². The minimum absolute atomic E-state index is 0.0328. The zero-order valence-electron chi connectivity index (χ0n) is 13.2. The molecule has 1 aromatic carbocycles. The summed E-state index contributed by atoms with van der Waals surface area (Å²) < 4.78 is 15.1. The van der Waals surface area contributed by atoms with E-state index in [1.165, 1.54) is 33.3 Å². The molecule has 0 aliphatic heterocycles. The normalized spacial score (nSPS) is 20.2. The number of nitrogens with two attached hydrogens (primary N) is 1. The fourth-order valence-electron chi connectivity index (χ4n) is 2.87. The van der Waals surface area contributed by atoms with E-state index in [9.17, 15) is 19.8 Å². The molecule has 0 spiro atoms. The van der Waals surface area contributed by atoms with E-state index in [4.69, 9.17) is 19.6 Å². The number of rotatable bonds is 2. The molecule has 1 aliphatic carbocycles. The minimum Gasteiger partial charge on any atom is -0.507 e. The lowest BCUT2D eigenvalue weighted by Gasteiger charge is -2.31. The van der Waals surface area contributed by atoms with E-state index < -0.39 is 28.5 Å². The predicted octanol–water partition coefficient (Wildman–Crippen LogP) is 0.728. The zero-order chi connectivity index (χ0) is 17.8. The van der Waals surface area contributed by atoms with Gasteiger partial charge in [0.15, 0.2) is 11.5 Å². The van der Waals surface area contributed by atoms with Crippen LogP contribution < -0.4 is 16.1 Å². The number of benzene rings is 1. The molecular weight excluding hydrogens is 318 g/mol. The Hall–Kier alpha value is -3.00. The Labute approximate surface area is 135 Å². The fourth-order valence-corrected chi connectivity index (χ4v) is 2.87. The van der Waals surface area contributed by atoms with Gasteiger partial charge in [0.25, 0.3) is 5.78 Å². The van der Waals surface area contributed by atoms with Crippen LogP contribution in [-0.4, -0.2) is 30.2 Å². The van der Waals surface area contributed by atoms with Gasteiger partial charge in [-0.1, -0.05) is 0 Å². The second kappa shape index (κ2) is 5.00. The first-order valence-corrected chi connectivity index (χ1v) is 6.93. The summed E-state index contributed by atoms with van der Waals surface area (Å²) in [5, 5.41) is 20.9. The molecule has 0 saturated heterocycles. The molecule has 0 saturated carbocycles. The number of hydrogen-bond donors (Lipinski definition) is 3. The molecule has 0 radical (unpaired) electrons. The number of carbonyl (C=O) groups excluding carboxylic acids is 1. The number of carbonyl (C=O) groups is 1. The van der Waals surface area contributed by atoms with E-state index in [1.54, 1.807) is 0 Å². The fraction of sp³-hybridized carbons (Fsp3) is 0.250. The van der Waals surface area contributed by atoms with Crippen molar-refractivity contribution in [3.05, 3.63) is 45.3 Å². The third-order valence-electron chi connectivity index (χ3n) is 4.09. The van der Waals surface area contributed by atoms with Crippen molar-refractivity contribution in [2.24, 2.45) is 5.73 Å². The van der Waals surface area contributed by atoms with Crippen LogP contribution in [0.15, 0.2) is 32.8 Å². The minimum atomic E-state index is -1.86. The number of aromatic hydroxyl groups is 1. The number of methoxy groups -OCH3 is 2. The summed E-state index contributed by atoms with van der Waals surface area (Å²) in [5.41, 5.74) is 2.84. The van der Waals surface area contributed by atoms with Crippen molar-refractivity contribution in [1.29, 1.82) is 0 Å². The molecule has 1 aromatic heterocycles. The summed E-state index contributed by atoms with van der Waals surface area (Å²) >= 11 is 0. The van der Waals surface area contributed by atoms with Gasteiger partial charge in [-0.2, -0.15) is 0 Å². The van der Waals surface area contributed by atoms with Crippen molar-refractivity contribution in [2.75, 3.05) is 14.2 Å². The summed E-state index contributed by atoms with van der Waals surface area (Å²) in [7, 11) is 2.59. The molecule has 1 aliphatic rings. The maximum atomic E-state index is 12.5. The highest BCUT2D eigenvalue weighted by Crippen LogP contribution is 2.42. The highest BCUT2D eigenvalue weighted by Gasteiger charge is 2.44. The molecule has 1 atom stereocenters. The molecular formula is C16H15NO7. The largest absolute Gasteiger partial charge is 0.507 e. The highest BCUT2D eigenvalue weighted by molar-refractivity contribution is 6.11. The topological polar surface area (TPSA) is 132 Å². The van der Waals surface area contributed by atoms with Gasteiger partial charge in [-0.3, -0.25) is 4.79 Å². The van der Waals surface area contributed by atoms with Crippen LogP contribution in [-0.2, 0) is 10.3 Å². The Morgan fingerprint density at radius 2 is 1.88 bits per heavy atom. The quantitative estimate of drug-likeness (QED) is 0.732. The molecule has 1 unspecified atom stereocenters. The number of ether oxygens (including phenoxy) is 2. The van der Waals surface area contributed by atoms with Gasteiger partial charge in [0, 0.05) is 17.0 Å². The van der Waals surface area contributed by atoms with Crippen LogP contribution >= 0.6 is 0 Å². The maximum absolute atomic E-state index is 12.5. The molecule has 3 rings (SSSR count). The number of phenols is 1. The van der Waals surface area contributed by atoms with E-state index in [-0.39, 0.29) is 33.5 Å². The van der Waals surface area contributed by atoms with Crippen LogP contribution in [0.25, 0.3) is 10.8 Å². The Morgan fingerprint density at radius 3 is 2.46 bits per heavy atom. The Balaban J connectivity index is 2.55. The lowest BCUT2D eigenvalue weighted by Crippen LogP contribution is -2.39. The van der Waals surface area contributed by atoms with Gasteiger partial charge < -0.3 is 29.8 Å². The first-order chi connectivity index (χ1) is 11.2. The molecule has 4 N–H and O–H groups in total. The van der Waals surface area contributed by atoms with Gasteiger partial charge >= 0.3 is 5.63 Å². The maximum Gasteiger partial charge on any atom is 0.348 e.